The van der Waals surface area contributed by atoms with Gasteiger partial charge in [0.05, 0.1) is 0 Å². The normalized spacial score (nSPS) is 10.6. The van der Waals surface area contributed by atoms with Crippen molar-refractivity contribution in [3.8, 4) is 0 Å². The minimum Gasteiger partial charge on any atom is -0.480 e. The third-order valence-electron chi connectivity index (χ3n) is 2.87. The lowest BCUT2D eigenvalue weighted by molar-refractivity contribution is -0.144. The molecule has 0 aliphatic rings. The number of benzene rings is 1. The second-order valence-electron chi connectivity index (χ2n) is 5.30. The van der Waals surface area contributed by atoms with Crippen molar-refractivity contribution in [2.45, 2.75) is 26.7 Å². The topological polar surface area (TPSA) is 83.6 Å². The number of carbonyl (C=O) groups excluding carboxylic acids is 1. The SMILES string of the molecule is CC(C)CN(CC(=O)O)C(=O)CCc1ccc(N)cc1. The third kappa shape index (κ3) is 5.73. The average molecular weight is 278 g/mol. The van der Waals surface area contributed by atoms with Crippen LogP contribution in [-0.4, -0.2) is 35.0 Å². The number of nitrogen functional groups attached to an aromatic ring is 1. The highest BCUT2D eigenvalue weighted by molar-refractivity contribution is 5.81. The van der Waals surface area contributed by atoms with Gasteiger partial charge in [-0.3, -0.25) is 9.59 Å². The van der Waals surface area contributed by atoms with Crippen LogP contribution in [0.15, 0.2) is 24.3 Å². The highest BCUT2D eigenvalue weighted by Gasteiger charge is 2.17. The van der Waals surface area contributed by atoms with Crippen molar-refractivity contribution in [1.29, 1.82) is 0 Å². The highest BCUT2D eigenvalue weighted by atomic mass is 16.4. The van der Waals surface area contributed by atoms with Gasteiger partial charge in [-0.1, -0.05) is 26.0 Å². The fraction of sp³-hybridized carbons (Fsp3) is 0.467. The van der Waals surface area contributed by atoms with Crippen LogP contribution >= 0.6 is 0 Å². The molecule has 1 rings (SSSR count). The summed E-state index contributed by atoms with van der Waals surface area (Å²) in [5.74, 6) is -0.862. The molecular formula is C15H22N2O3. The molecule has 1 aromatic rings. The number of hydrogen-bond acceptors (Lipinski definition) is 3. The molecule has 0 unspecified atom stereocenters. The van der Waals surface area contributed by atoms with Gasteiger partial charge in [0.2, 0.25) is 5.91 Å². The Hall–Kier alpha value is -2.04. The van der Waals surface area contributed by atoms with Crippen molar-refractivity contribution < 1.29 is 14.7 Å². The Labute approximate surface area is 119 Å². The number of hydrogen-bond donors (Lipinski definition) is 2. The molecule has 0 spiro atoms. The molecule has 3 N–H and O–H groups in total. The van der Waals surface area contributed by atoms with E-state index in [1.807, 2.05) is 26.0 Å². The molecule has 0 fully saturated rings. The van der Waals surface area contributed by atoms with Crippen molar-refractivity contribution in [1.82, 2.24) is 4.90 Å². The zero-order valence-corrected chi connectivity index (χ0v) is 12.0. The molecule has 0 heterocycles. The highest BCUT2D eigenvalue weighted by Crippen LogP contribution is 2.09. The van der Waals surface area contributed by atoms with Crippen LogP contribution in [0.1, 0.15) is 25.8 Å². The molecule has 0 bridgehead atoms. The summed E-state index contributed by atoms with van der Waals surface area (Å²) in [6, 6.07) is 7.35. The molecule has 0 aromatic heterocycles. The Morgan fingerprint density at radius 3 is 2.35 bits per heavy atom. The molecule has 110 valence electrons. The first-order valence-electron chi connectivity index (χ1n) is 6.72. The number of amides is 1. The summed E-state index contributed by atoms with van der Waals surface area (Å²) < 4.78 is 0. The Morgan fingerprint density at radius 1 is 1.25 bits per heavy atom. The standard InChI is InChI=1S/C15H22N2O3/c1-11(2)9-17(10-15(19)20)14(18)8-5-12-3-6-13(16)7-4-12/h3-4,6-7,11H,5,8-10,16H2,1-2H3,(H,19,20). The zero-order valence-electron chi connectivity index (χ0n) is 12.0. The van der Waals surface area contributed by atoms with Crippen LogP contribution < -0.4 is 5.73 Å². The predicted molar refractivity (Wildman–Crippen MR) is 78.2 cm³/mol. The second-order valence-corrected chi connectivity index (χ2v) is 5.30. The minimum atomic E-state index is -0.980. The van der Waals surface area contributed by atoms with Gasteiger partial charge in [-0.15, -0.1) is 0 Å². The second kappa shape index (κ2) is 7.53. The monoisotopic (exact) mass is 278 g/mol. The van der Waals surface area contributed by atoms with Gasteiger partial charge < -0.3 is 15.7 Å². The lowest BCUT2D eigenvalue weighted by Crippen LogP contribution is -2.38. The number of carbonyl (C=O) groups is 2. The number of nitrogens with zero attached hydrogens (tertiary/aromatic N) is 1. The van der Waals surface area contributed by atoms with Crippen LogP contribution in [0, 0.1) is 5.92 Å². The van der Waals surface area contributed by atoms with Crippen molar-refractivity contribution in [2.75, 3.05) is 18.8 Å². The van der Waals surface area contributed by atoms with E-state index in [4.69, 9.17) is 10.8 Å². The van der Waals surface area contributed by atoms with Gasteiger partial charge in [0, 0.05) is 18.7 Å². The number of carboxylic acids is 1. The molecule has 5 heteroatoms. The molecule has 1 amide bonds. The Balaban J connectivity index is 2.56. The largest absolute Gasteiger partial charge is 0.480 e. The van der Waals surface area contributed by atoms with Crippen molar-refractivity contribution in [3.05, 3.63) is 29.8 Å². The van der Waals surface area contributed by atoms with Crippen LogP contribution in [0.25, 0.3) is 0 Å². The first-order chi connectivity index (χ1) is 9.38. The van der Waals surface area contributed by atoms with Crippen LogP contribution in [0.2, 0.25) is 0 Å². The lowest BCUT2D eigenvalue weighted by Gasteiger charge is -2.22. The smallest absolute Gasteiger partial charge is 0.323 e. The van der Waals surface area contributed by atoms with Crippen LogP contribution in [0.3, 0.4) is 0 Å². The molecular weight excluding hydrogens is 256 g/mol. The van der Waals surface area contributed by atoms with E-state index in [0.717, 1.165) is 5.56 Å². The maximum atomic E-state index is 12.1. The van der Waals surface area contributed by atoms with Crippen LogP contribution in [-0.2, 0) is 16.0 Å². The van der Waals surface area contributed by atoms with Crippen LogP contribution in [0.4, 0.5) is 5.69 Å². The maximum absolute atomic E-state index is 12.1. The number of aryl methyl sites for hydroxylation is 1. The molecule has 0 radical (unpaired) electrons. The summed E-state index contributed by atoms with van der Waals surface area (Å²) in [6.07, 6.45) is 0.900. The summed E-state index contributed by atoms with van der Waals surface area (Å²) >= 11 is 0. The first-order valence-corrected chi connectivity index (χ1v) is 6.72. The van der Waals surface area contributed by atoms with E-state index in [0.29, 0.717) is 25.1 Å². The van der Waals surface area contributed by atoms with Crippen LogP contribution in [0.5, 0.6) is 0 Å². The summed E-state index contributed by atoms with van der Waals surface area (Å²) in [5, 5.41) is 8.85. The Bertz CT molecular complexity index is 455. The van der Waals surface area contributed by atoms with Crippen molar-refractivity contribution >= 4 is 17.6 Å². The van der Waals surface area contributed by atoms with Gasteiger partial charge in [-0.2, -0.15) is 0 Å². The first kappa shape index (κ1) is 16.0. The molecule has 0 atom stereocenters. The fourth-order valence-electron chi connectivity index (χ4n) is 1.95. The summed E-state index contributed by atoms with van der Waals surface area (Å²) in [4.78, 5) is 24.3. The number of anilines is 1. The molecule has 20 heavy (non-hydrogen) atoms. The van der Waals surface area contributed by atoms with Gasteiger partial charge in [0.15, 0.2) is 0 Å². The van der Waals surface area contributed by atoms with Crippen molar-refractivity contribution in [2.24, 2.45) is 5.92 Å². The van der Waals surface area contributed by atoms with Gasteiger partial charge in [0.1, 0.15) is 6.54 Å². The molecule has 0 saturated heterocycles. The molecule has 0 saturated carbocycles. The van der Waals surface area contributed by atoms with E-state index in [9.17, 15) is 9.59 Å². The fourth-order valence-corrected chi connectivity index (χ4v) is 1.95. The zero-order chi connectivity index (χ0) is 15.1. The lowest BCUT2D eigenvalue weighted by atomic mass is 10.1. The molecule has 1 aromatic carbocycles. The molecule has 0 aliphatic heterocycles. The Morgan fingerprint density at radius 2 is 1.85 bits per heavy atom. The van der Waals surface area contributed by atoms with Gasteiger partial charge in [-0.25, -0.2) is 0 Å². The quantitative estimate of drug-likeness (QED) is 0.744. The Kier molecular flexibility index (Phi) is 6.03. The summed E-state index contributed by atoms with van der Waals surface area (Å²) in [5.41, 5.74) is 7.31. The van der Waals surface area contributed by atoms with E-state index < -0.39 is 5.97 Å². The van der Waals surface area contributed by atoms with Gasteiger partial charge in [0.25, 0.3) is 0 Å². The number of nitrogens with two attached hydrogens (primary N) is 1. The average Bonchev–Trinajstić information content (AvgIpc) is 2.36. The third-order valence-corrected chi connectivity index (χ3v) is 2.87. The van der Waals surface area contributed by atoms with Crippen molar-refractivity contribution in [3.63, 3.8) is 0 Å². The summed E-state index contributed by atoms with van der Waals surface area (Å²) in [6.45, 7) is 4.15. The van der Waals surface area contributed by atoms with E-state index in [2.05, 4.69) is 0 Å². The van der Waals surface area contributed by atoms with E-state index in [1.165, 1.54) is 4.90 Å². The van der Waals surface area contributed by atoms with Gasteiger partial charge in [-0.05, 0) is 30.0 Å². The minimum absolute atomic E-state index is 0.127. The van der Waals surface area contributed by atoms with E-state index in [1.54, 1.807) is 12.1 Å². The number of aliphatic carboxylic acids is 1. The van der Waals surface area contributed by atoms with Gasteiger partial charge >= 0.3 is 5.97 Å². The number of rotatable bonds is 7. The van der Waals surface area contributed by atoms with E-state index >= 15 is 0 Å². The molecule has 5 nitrogen and oxygen atoms in total. The maximum Gasteiger partial charge on any atom is 0.323 e. The molecule has 0 aliphatic carbocycles. The number of carboxylic acid groups (broad SMARTS) is 1. The predicted octanol–water partition coefficient (Wildman–Crippen LogP) is 1.77. The van der Waals surface area contributed by atoms with E-state index in [-0.39, 0.29) is 18.4 Å². The summed E-state index contributed by atoms with van der Waals surface area (Å²) in [7, 11) is 0.